The summed E-state index contributed by atoms with van der Waals surface area (Å²) in [6.45, 7) is 4.02. The van der Waals surface area contributed by atoms with E-state index in [-0.39, 0.29) is 17.3 Å². The lowest BCUT2D eigenvalue weighted by molar-refractivity contribution is -0.0514. The second-order valence-corrected chi connectivity index (χ2v) is 7.88. The van der Waals surface area contributed by atoms with Crippen LogP contribution in [0, 0.1) is 11.3 Å². The first-order chi connectivity index (χ1) is 13.8. The third kappa shape index (κ3) is 5.05. The number of halogens is 2. The first kappa shape index (κ1) is 21.5. The van der Waals surface area contributed by atoms with Gasteiger partial charge >= 0.3 is 6.61 Å². The van der Waals surface area contributed by atoms with E-state index in [0.29, 0.717) is 24.0 Å². The molecule has 0 aliphatic carbocycles. The molecule has 2 aliphatic rings. The highest BCUT2D eigenvalue weighted by Gasteiger charge is 2.40. The molecule has 0 aromatic heterocycles. The number of allylic oxidation sites excluding steroid dienone is 1. The zero-order chi connectivity index (χ0) is 21.0. The Morgan fingerprint density at radius 1 is 1.28 bits per heavy atom. The van der Waals surface area contributed by atoms with Gasteiger partial charge < -0.3 is 20.9 Å². The van der Waals surface area contributed by atoms with Gasteiger partial charge in [-0.2, -0.15) is 8.78 Å². The fourth-order valence-electron chi connectivity index (χ4n) is 4.25. The molecule has 8 heteroatoms. The molecule has 0 spiro atoms. The van der Waals surface area contributed by atoms with Crippen LogP contribution in [0.25, 0.3) is 0 Å². The highest BCUT2D eigenvalue weighted by molar-refractivity contribution is 5.78. The second kappa shape index (κ2) is 9.09. The van der Waals surface area contributed by atoms with Gasteiger partial charge in [-0.1, -0.05) is 19.1 Å². The van der Waals surface area contributed by atoms with Crippen molar-refractivity contribution < 1.29 is 18.3 Å². The van der Waals surface area contributed by atoms with Gasteiger partial charge in [0.2, 0.25) is 0 Å². The molecule has 2 unspecified atom stereocenters. The Balaban J connectivity index is 1.62. The Morgan fingerprint density at radius 2 is 2.00 bits per heavy atom. The summed E-state index contributed by atoms with van der Waals surface area (Å²) in [4.78, 5) is 6.70. The van der Waals surface area contributed by atoms with Crippen molar-refractivity contribution in [2.24, 2.45) is 27.8 Å². The zero-order valence-electron chi connectivity index (χ0n) is 17.0. The second-order valence-electron chi connectivity index (χ2n) is 7.88. The van der Waals surface area contributed by atoms with Crippen LogP contribution in [-0.4, -0.2) is 43.6 Å². The van der Waals surface area contributed by atoms with Crippen molar-refractivity contribution in [3.8, 4) is 11.5 Å². The monoisotopic (exact) mass is 408 g/mol. The van der Waals surface area contributed by atoms with E-state index in [9.17, 15) is 8.78 Å². The minimum atomic E-state index is -2.88. The normalized spacial score (nSPS) is 25.9. The summed E-state index contributed by atoms with van der Waals surface area (Å²) in [6, 6.07) is 5.14. The summed E-state index contributed by atoms with van der Waals surface area (Å²) in [7, 11) is 0. The van der Waals surface area contributed by atoms with Crippen LogP contribution in [0.1, 0.15) is 32.3 Å². The Labute approximate surface area is 170 Å². The van der Waals surface area contributed by atoms with Crippen LogP contribution in [0.4, 0.5) is 8.78 Å². The molecule has 0 bridgehead atoms. The number of ether oxygens (including phenoxy) is 2. The molecule has 1 aromatic rings. The molecule has 1 saturated heterocycles. The van der Waals surface area contributed by atoms with Crippen LogP contribution in [0.2, 0.25) is 0 Å². The average Bonchev–Trinajstić information content (AvgIpc) is 2.67. The number of likely N-dealkylation sites (tertiary alicyclic amines) is 1. The predicted molar refractivity (Wildman–Crippen MR) is 109 cm³/mol. The molecule has 6 nitrogen and oxygen atoms in total. The first-order valence-corrected chi connectivity index (χ1v) is 10.0. The van der Waals surface area contributed by atoms with Gasteiger partial charge in [-0.3, -0.25) is 9.89 Å². The van der Waals surface area contributed by atoms with Crippen LogP contribution < -0.4 is 20.9 Å². The third-order valence-electron chi connectivity index (χ3n) is 5.90. The lowest BCUT2D eigenvalue weighted by Gasteiger charge is -2.44. The van der Waals surface area contributed by atoms with Gasteiger partial charge in [0.25, 0.3) is 0 Å². The molecule has 2 atom stereocenters. The number of piperidine rings is 1. The molecule has 1 fully saturated rings. The third-order valence-corrected chi connectivity index (χ3v) is 5.90. The van der Waals surface area contributed by atoms with Gasteiger partial charge in [-0.25, -0.2) is 0 Å². The number of hydrogen-bond donors (Lipinski definition) is 2. The van der Waals surface area contributed by atoms with E-state index < -0.39 is 6.61 Å². The van der Waals surface area contributed by atoms with Crippen LogP contribution in [0.5, 0.6) is 11.5 Å². The standard InChI is InChI=1S/C21H30F2N4O2/c1-3-28-18-10-14(4-5-17(18)29-20(22)23)13-27-8-6-15(7-9-27)21(2)11-16(24)12-26-19(21)25/h4-5,10-12,15,19-20H,3,6-9,13,24-25H2,1-2H3. The topological polar surface area (TPSA) is 86.1 Å². The van der Waals surface area contributed by atoms with Crippen molar-refractivity contribution in [1.29, 1.82) is 0 Å². The summed E-state index contributed by atoms with van der Waals surface area (Å²) >= 11 is 0. The number of aliphatic imine (C=N–C) groups is 1. The van der Waals surface area contributed by atoms with Gasteiger partial charge in [-0.15, -0.1) is 0 Å². The zero-order valence-corrected chi connectivity index (χ0v) is 17.0. The smallest absolute Gasteiger partial charge is 0.387 e. The Kier molecular flexibility index (Phi) is 6.74. The number of alkyl halides is 2. The summed E-state index contributed by atoms with van der Waals surface area (Å²) in [5.74, 6) is 0.818. The maximum Gasteiger partial charge on any atom is 0.387 e. The number of hydrogen-bond acceptors (Lipinski definition) is 6. The first-order valence-electron chi connectivity index (χ1n) is 10.0. The Hall–Kier alpha value is -2.19. The van der Waals surface area contributed by atoms with Gasteiger partial charge in [0.1, 0.15) is 6.17 Å². The fourth-order valence-corrected chi connectivity index (χ4v) is 4.25. The maximum atomic E-state index is 12.6. The van der Waals surface area contributed by atoms with Crippen molar-refractivity contribution in [1.82, 2.24) is 4.90 Å². The molecule has 29 heavy (non-hydrogen) atoms. The largest absolute Gasteiger partial charge is 0.490 e. The van der Waals surface area contributed by atoms with Crippen LogP contribution in [0.3, 0.4) is 0 Å². The minimum Gasteiger partial charge on any atom is -0.490 e. The summed E-state index contributed by atoms with van der Waals surface area (Å²) in [5.41, 5.74) is 13.7. The number of nitrogens with two attached hydrogens (primary N) is 2. The van der Waals surface area contributed by atoms with Gasteiger partial charge in [-0.05, 0) is 56.5 Å². The number of benzene rings is 1. The Bertz CT molecular complexity index is 763. The SMILES string of the molecule is CCOc1cc(CN2CCC(C3(C)C=C(N)C=NC3N)CC2)ccc1OC(F)F. The van der Waals surface area contributed by atoms with Crippen LogP contribution in [-0.2, 0) is 6.54 Å². The Morgan fingerprint density at radius 3 is 2.66 bits per heavy atom. The van der Waals surface area contributed by atoms with Crippen LogP contribution >= 0.6 is 0 Å². The van der Waals surface area contributed by atoms with Crippen molar-refractivity contribution in [3.63, 3.8) is 0 Å². The molecule has 2 heterocycles. The maximum absolute atomic E-state index is 12.6. The van der Waals surface area contributed by atoms with E-state index >= 15 is 0 Å². The van der Waals surface area contributed by atoms with Crippen molar-refractivity contribution in [3.05, 3.63) is 35.5 Å². The van der Waals surface area contributed by atoms with Crippen molar-refractivity contribution in [2.75, 3.05) is 19.7 Å². The van der Waals surface area contributed by atoms with E-state index in [1.54, 1.807) is 18.3 Å². The molecule has 0 radical (unpaired) electrons. The average molecular weight is 408 g/mol. The molecule has 0 saturated carbocycles. The highest BCUT2D eigenvalue weighted by Crippen LogP contribution is 2.41. The highest BCUT2D eigenvalue weighted by atomic mass is 19.3. The summed E-state index contributed by atoms with van der Waals surface area (Å²) in [5, 5.41) is 0. The van der Waals surface area contributed by atoms with Gasteiger partial charge in [0.05, 0.1) is 6.61 Å². The number of dihydropyridines is 1. The summed E-state index contributed by atoms with van der Waals surface area (Å²) < 4.78 is 35.2. The van der Waals surface area contributed by atoms with Crippen molar-refractivity contribution in [2.45, 2.75) is 46.0 Å². The van der Waals surface area contributed by atoms with Crippen molar-refractivity contribution >= 4 is 6.21 Å². The molecule has 4 N–H and O–H groups in total. The minimum absolute atomic E-state index is 0.0634. The van der Waals surface area contributed by atoms with E-state index in [4.69, 9.17) is 16.2 Å². The van der Waals surface area contributed by atoms with E-state index in [0.717, 1.165) is 38.0 Å². The predicted octanol–water partition coefficient (Wildman–Crippen LogP) is 3.12. The summed E-state index contributed by atoms with van der Waals surface area (Å²) in [6.07, 6.45) is 5.41. The van der Waals surface area contributed by atoms with Gasteiger partial charge in [0.15, 0.2) is 11.5 Å². The lowest BCUT2D eigenvalue weighted by atomic mass is 9.69. The molecule has 1 aromatic carbocycles. The number of nitrogens with zero attached hydrogens (tertiary/aromatic N) is 2. The van der Waals surface area contributed by atoms with Crippen LogP contribution in [0.15, 0.2) is 35.0 Å². The van der Waals surface area contributed by atoms with Gasteiger partial charge in [0, 0.05) is 23.9 Å². The fraction of sp³-hybridized carbons (Fsp3) is 0.571. The van der Waals surface area contributed by atoms with E-state index in [1.165, 1.54) is 0 Å². The number of rotatable bonds is 7. The molecular weight excluding hydrogens is 378 g/mol. The molecule has 0 amide bonds. The molecular formula is C21H30F2N4O2. The molecule has 3 rings (SSSR count). The molecule has 160 valence electrons. The van der Waals surface area contributed by atoms with E-state index in [1.807, 2.05) is 13.0 Å². The molecule has 2 aliphatic heterocycles. The van der Waals surface area contributed by atoms with E-state index in [2.05, 4.69) is 27.6 Å². The quantitative estimate of drug-likeness (QED) is 0.724. The lowest BCUT2D eigenvalue weighted by Crippen LogP contribution is -2.48.